The minimum absolute atomic E-state index is 0.0699. The average molecular weight is 331 g/mol. The van der Waals surface area contributed by atoms with Gasteiger partial charge >= 0.3 is 6.03 Å². The lowest BCUT2D eigenvalue weighted by Crippen LogP contribution is -2.43. The molecule has 1 heterocycles. The Balaban J connectivity index is 2.13. The summed E-state index contributed by atoms with van der Waals surface area (Å²) in [5, 5.41) is 3.00. The highest BCUT2D eigenvalue weighted by Crippen LogP contribution is 2.24. The number of carbonyl (C=O) groups is 2. The van der Waals surface area contributed by atoms with Crippen LogP contribution in [0.3, 0.4) is 0 Å². The van der Waals surface area contributed by atoms with Crippen molar-refractivity contribution >= 4 is 17.6 Å². The van der Waals surface area contributed by atoms with Crippen molar-refractivity contribution in [1.29, 1.82) is 0 Å². The summed E-state index contributed by atoms with van der Waals surface area (Å²) < 4.78 is 0. The second-order valence-corrected chi connectivity index (χ2v) is 7.06. The van der Waals surface area contributed by atoms with Gasteiger partial charge in [0.25, 0.3) is 0 Å². The van der Waals surface area contributed by atoms with E-state index < -0.39 is 5.91 Å². The Labute approximate surface area is 144 Å². The van der Waals surface area contributed by atoms with Crippen molar-refractivity contribution in [2.75, 3.05) is 11.9 Å². The third-order valence-corrected chi connectivity index (χ3v) is 4.51. The van der Waals surface area contributed by atoms with Crippen molar-refractivity contribution in [2.24, 2.45) is 11.7 Å². The molecule has 0 bridgehead atoms. The summed E-state index contributed by atoms with van der Waals surface area (Å²) in [7, 11) is 0. The minimum Gasteiger partial charge on any atom is -0.369 e. The zero-order valence-electron chi connectivity index (χ0n) is 14.8. The Kier molecular flexibility index (Phi) is 6.64. The Morgan fingerprint density at radius 1 is 1.25 bits per heavy atom. The number of carbonyl (C=O) groups excluding carboxylic acids is 2. The number of amides is 3. The molecular formula is C19H29N3O2. The van der Waals surface area contributed by atoms with Gasteiger partial charge in [0.2, 0.25) is 5.91 Å². The molecular weight excluding hydrogens is 302 g/mol. The van der Waals surface area contributed by atoms with E-state index in [1.165, 1.54) is 12.8 Å². The van der Waals surface area contributed by atoms with Crippen molar-refractivity contribution < 1.29 is 9.59 Å². The Hall–Kier alpha value is -2.04. The molecule has 2 rings (SSSR count). The molecule has 0 saturated carbocycles. The topological polar surface area (TPSA) is 75.4 Å². The molecule has 24 heavy (non-hydrogen) atoms. The molecule has 0 aliphatic carbocycles. The average Bonchev–Trinajstić information content (AvgIpc) is 2.73. The van der Waals surface area contributed by atoms with Crippen LogP contribution in [0.5, 0.6) is 0 Å². The lowest BCUT2D eigenvalue weighted by atomic mass is 9.99. The number of primary amides is 1. The van der Waals surface area contributed by atoms with Crippen molar-refractivity contribution in [3.8, 4) is 0 Å². The third kappa shape index (κ3) is 5.25. The number of para-hydroxylation sites is 1. The molecule has 5 nitrogen and oxygen atoms in total. The highest BCUT2D eigenvalue weighted by molar-refractivity contribution is 5.91. The van der Waals surface area contributed by atoms with E-state index in [-0.39, 0.29) is 18.5 Å². The molecule has 1 aromatic carbocycles. The normalized spacial score (nSPS) is 18.3. The molecule has 1 aliphatic rings. The largest absolute Gasteiger partial charge is 0.369 e. The Morgan fingerprint density at radius 2 is 2.00 bits per heavy atom. The van der Waals surface area contributed by atoms with Crippen molar-refractivity contribution in [2.45, 2.75) is 58.4 Å². The van der Waals surface area contributed by atoms with E-state index in [0.29, 0.717) is 11.6 Å². The summed E-state index contributed by atoms with van der Waals surface area (Å²) in [4.78, 5) is 26.1. The first-order chi connectivity index (χ1) is 11.5. The van der Waals surface area contributed by atoms with Gasteiger partial charge < -0.3 is 16.0 Å². The molecule has 0 aromatic heterocycles. The predicted molar refractivity (Wildman–Crippen MR) is 96.8 cm³/mol. The maximum Gasteiger partial charge on any atom is 0.322 e. The number of nitrogens with two attached hydrogens (primary N) is 1. The van der Waals surface area contributed by atoms with E-state index in [2.05, 4.69) is 19.2 Å². The fourth-order valence-corrected chi connectivity index (χ4v) is 3.41. The summed E-state index contributed by atoms with van der Waals surface area (Å²) in [6.45, 7) is 5.19. The highest BCUT2D eigenvalue weighted by atomic mass is 16.2. The van der Waals surface area contributed by atoms with E-state index in [0.717, 1.165) is 31.4 Å². The number of nitrogens with zero attached hydrogens (tertiary/aromatic N) is 1. The van der Waals surface area contributed by atoms with Crippen LogP contribution in [0, 0.1) is 5.92 Å². The van der Waals surface area contributed by atoms with Crippen LogP contribution in [0.25, 0.3) is 0 Å². The van der Waals surface area contributed by atoms with Gasteiger partial charge in [0.05, 0.1) is 6.42 Å². The molecule has 0 spiro atoms. The Bertz CT molecular complexity index is 571. The number of anilines is 1. The number of nitrogens with one attached hydrogen (secondary N) is 1. The van der Waals surface area contributed by atoms with Crippen LogP contribution in [-0.4, -0.2) is 29.4 Å². The molecule has 1 atom stereocenters. The SMILES string of the molecule is CC(C)C[C@H]1CCCCCN1C(=O)Nc1ccccc1CC(N)=O. The monoisotopic (exact) mass is 331 g/mol. The molecule has 0 radical (unpaired) electrons. The van der Waals surface area contributed by atoms with Crippen LogP contribution < -0.4 is 11.1 Å². The number of hydrogen-bond donors (Lipinski definition) is 2. The first-order valence-corrected chi connectivity index (χ1v) is 8.91. The lowest BCUT2D eigenvalue weighted by Gasteiger charge is -2.31. The third-order valence-electron chi connectivity index (χ3n) is 4.51. The van der Waals surface area contributed by atoms with Crippen LogP contribution in [0.1, 0.15) is 51.5 Å². The zero-order valence-corrected chi connectivity index (χ0v) is 14.8. The lowest BCUT2D eigenvalue weighted by molar-refractivity contribution is -0.117. The maximum atomic E-state index is 12.8. The van der Waals surface area contributed by atoms with E-state index in [1.807, 2.05) is 29.2 Å². The summed E-state index contributed by atoms with van der Waals surface area (Å²) in [6, 6.07) is 7.57. The van der Waals surface area contributed by atoms with Crippen molar-refractivity contribution in [3.05, 3.63) is 29.8 Å². The quantitative estimate of drug-likeness (QED) is 0.866. The Morgan fingerprint density at radius 3 is 2.71 bits per heavy atom. The van der Waals surface area contributed by atoms with Crippen LogP contribution in [0.15, 0.2) is 24.3 Å². The number of benzene rings is 1. The predicted octanol–water partition coefficient (Wildman–Crippen LogP) is 3.54. The zero-order chi connectivity index (χ0) is 17.5. The summed E-state index contributed by atoms with van der Waals surface area (Å²) in [6.07, 6.45) is 5.62. The smallest absolute Gasteiger partial charge is 0.322 e. The fraction of sp³-hybridized carbons (Fsp3) is 0.579. The minimum atomic E-state index is -0.399. The van der Waals surface area contributed by atoms with E-state index >= 15 is 0 Å². The maximum absolute atomic E-state index is 12.8. The number of urea groups is 1. The molecule has 1 aromatic rings. The first-order valence-electron chi connectivity index (χ1n) is 8.91. The molecule has 132 valence electrons. The molecule has 3 amide bonds. The van der Waals surface area contributed by atoms with Crippen LogP contribution >= 0.6 is 0 Å². The van der Waals surface area contributed by atoms with Gasteiger partial charge in [-0.2, -0.15) is 0 Å². The van der Waals surface area contributed by atoms with E-state index in [9.17, 15) is 9.59 Å². The van der Waals surface area contributed by atoms with Gasteiger partial charge in [0.15, 0.2) is 0 Å². The van der Waals surface area contributed by atoms with Gasteiger partial charge in [0.1, 0.15) is 0 Å². The second-order valence-electron chi connectivity index (χ2n) is 7.06. The second kappa shape index (κ2) is 8.71. The molecule has 3 N–H and O–H groups in total. The highest BCUT2D eigenvalue weighted by Gasteiger charge is 2.26. The van der Waals surface area contributed by atoms with Gasteiger partial charge in [-0.1, -0.05) is 44.9 Å². The van der Waals surface area contributed by atoms with Crippen molar-refractivity contribution in [1.82, 2.24) is 4.90 Å². The van der Waals surface area contributed by atoms with Crippen LogP contribution in [0.2, 0.25) is 0 Å². The van der Waals surface area contributed by atoms with Gasteiger partial charge in [0, 0.05) is 18.3 Å². The number of likely N-dealkylation sites (tertiary alicyclic amines) is 1. The van der Waals surface area contributed by atoms with Crippen LogP contribution in [-0.2, 0) is 11.2 Å². The van der Waals surface area contributed by atoms with Crippen LogP contribution in [0.4, 0.5) is 10.5 Å². The van der Waals surface area contributed by atoms with Crippen molar-refractivity contribution in [3.63, 3.8) is 0 Å². The number of rotatable bonds is 5. The fourth-order valence-electron chi connectivity index (χ4n) is 3.41. The van der Waals surface area contributed by atoms with Gasteiger partial charge in [-0.15, -0.1) is 0 Å². The molecule has 1 saturated heterocycles. The summed E-state index contributed by atoms with van der Waals surface area (Å²) in [5.74, 6) is 0.162. The standard InChI is InChI=1S/C19H29N3O2/c1-14(2)12-16-9-4-3-7-11-22(16)19(24)21-17-10-6-5-8-15(17)13-18(20)23/h5-6,8,10,14,16H,3-4,7,9,11-13H2,1-2H3,(H2,20,23)(H,21,24)/t16-/m1/s1. The van der Waals surface area contributed by atoms with Gasteiger partial charge in [-0.3, -0.25) is 4.79 Å². The van der Waals surface area contributed by atoms with E-state index in [1.54, 1.807) is 0 Å². The molecule has 1 fully saturated rings. The van der Waals surface area contributed by atoms with Gasteiger partial charge in [-0.05, 0) is 36.8 Å². The molecule has 0 unspecified atom stereocenters. The first kappa shape index (κ1) is 18.3. The summed E-state index contributed by atoms with van der Waals surface area (Å²) >= 11 is 0. The van der Waals surface area contributed by atoms with E-state index in [4.69, 9.17) is 5.73 Å². The number of hydrogen-bond acceptors (Lipinski definition) is 2. The molecule has 1 aliphatic heterocycles. The molecule has 5 heteroatoms. The van der Waals surface area contributed by atoms with Gasteiger partial charge in [-0.25, -0.2) is 4.79 Å². The summed E-state index contributed by atoms with van der Waals surface area (Å²) in [5.41, 5.74) is 6.74.